The summed E-state index contributed by atoms with van der Waals surface area (Å²) in [7, 11) is 0. The van der Waals surface area contributed by atoms with Gasteiger partial charge in [0.05, 0.1) is 5.56 Å². The maximum absolute atomic E-state index is 12.9. The van der Waals surface area contributed by atoms with E-state index in [0.717, 1.165) is 20.9 Å². The lowest BCUT2D eigenvalue weighted by atomic mass is 9.84. The molecule has 0 amide bonds. The van der Waals surface area contributed by atoms with Crippen molar-refractivity contribution in [1.82, 2.24) is 5.06 Å². The topological polar surface area (TPSA) is 49.2 Å². The standard InChI is InChI=1S/C19H21N2O2/c1-18(2)19(3,4)21(23)17(20(18)22)16-13-9-8-12-15(16)14-10-6-5-7-11-14/h5-13H,1-4H3. The van der Waals surface area contributed by atoms with Gasteiger partial charge < -0.3 is 5.21 Å². The van der Waals surface area contributed by atoms with Crippen molar-refractivity contribution in [2.45, 2.75) is 38.8 Å². The van der Waals surface area contributed by atoms with Crippen LogP contribution in [0.3, 0.4) is 0 Å². The highest BCUT2D eigenvalue weighted by atomic mass is 16.5. The van der Waals surface area contributed by atoms with E-state index >= 15 is 0 Å². The molecule has 0 aromatic heterocycles. The van der Waals surface area contributed by atoms with Crippen LogP contribution in [-0.2, 0) is 5.21 Å². The lowest BCUT2D eigenvalue weighted by Crippen LogP contribution is -2.53. The fourth-order valence-electron chi connectivity index (χ4n) is 2.88. The van der Waals surface area contributed by atoms with Crippen molar-refractivity contribution in [1.29, 1.82) is 0 Å². The third-order valence-corrected chi connectivity index (χ3v) is 5.15. The van der Waals surface area contributed by atoms with Gasteiger partial charge >= 0.3 is 5.84 Å². The zero-order valence-electron chi connectivity index (χ0n) is 13.9. The fraction of sp³-hybridized carbons (Fsp3) is 0.316. The van der Waals surface area contributed by atoms with Crippen LogP contribution in [0, 0.1) is 5.21 Å². The third-order valence-electron chi connectivity index (χ3n) is 5.15. The van der Waals surface area contributed by atoms with Gasteiger partial charge in [-0.15, -0.1) is 0 Å². The number of amidine groups is 1. The van der Waals surface area contributed by atoms with Gasteiger partial charge in [0.15, 0.2) is 5.54 Å². The van der Waals surface area contributed by atoms with E-state index in [2.05, 4.69) is 0 Å². The molecule has 0 bridgehead atoms. The van der Waals surface area contributed by atoms with Crippen molar-refractivity contribution in [3.8, 4) is 11.1 Å². The Hall–Kier alpha value is -2.33. The van der Waals surface area contributed by atoms with Crippen LogP contribution in [0.4, 0.5) is 0 Å². The van der Waals surface area contributed by atoms with E-state index in [1.807, 2.05) is 82.3 Å². The van der Waals surface area contributed by atoms with Crippen molar-refractivity contribution >= 4 is 5.84 Å². The summed E-state index contributed by atoms with van der Waals surface area (Å²) in [5.41, 5.74) is 0.919. The Kier molecular flexibility index (Phi) is 3.45. The monoisotopic (exact) mass is 309 g/mol. The molecular weight excluding hydrogens is 288 g/mol. The molecule has 23 heavy (non-hydrogen) atoms. The first-order chi connectivity index (χ1) is 10.8. The van der Waals surface area contributed by atoms with E-state index in [1.165, 1.54) is 0 Å². The van der Waals surface area contributed by atoms with Gasteiger partial charge in [-0.3, -0.25) is 4.74 Å². The molecule has 0 fully saturated rings. The summed E-state index contributed by atoms with van der Waals surface area (Å²) in [5, 5.41) is 26.6. The van der Waals surface area contributed by atoms with Crippen molar-refractivity contribution in [2.24, 2.45) is 0 Å². The summed E-state index contributed by atoms with van der Waals surface area (Å²) in [4.78, 5) is 0. The molecule has 2 aromatic rings. The van der Waals surface area contributed by atoms with Crippen molar-refractivity contribution in [2.75, 3.05) is 0 Å². The Bertz CT molecular complexity index is 764. The van der Waals surface area contributed by atoms with Crippen LogP contribution in [0.25, 0.3) is 11.1 Å². The van der Waals surface area contributed by atoms with E-state index < -0.39 is 11.1 Å². The molecule has 3 rings (SSSR count). The zero-order valence-corrected chi connectivity index (χ0v) is 13.9. The summed E-state index contributed by atoms with van der Waals surface area (Å²) in [6.45, 7) is 7.23. The molecule has 0 saturated carbocycles. The molecule has 1 aliphatic rings. The molecule has 4 nitrogen and oxygen atoms in total. The quantitative estimate of drug-likeness (QED) is 0.625. The highest BCUT2D eigenvalue weighted by molar-refractivity contribution is 6.02. The molecule has 0 saturated heterocycles. The first-order valence-electron chi connectivity index (χ1n) is 7.75. The van der Waals surface area contributed by atoms with Crippen LogP contribution in [0.15, 0.2) is 54.6 Å². The van der Waals surface area contributed by atoms with Crippen molar-refractivity contribution < 1.29 is 9.95 Å². The Morgan fingerprint density at radius 3 is 1.91 bits per heavy atom. The molecule has 0 atom stereocenters. The average molecular weight is 309 g/mol. The molecule has 119 valence electrons. The van der Waals surface area contributed by atoms with Gasteiger partial charge in [-0.05, 0) is 44.9 Å². The van der Waals surface area contributed by atoms with E-state index in [9.17, 15) is 10.4 Å². The third kappa shape index (κ3) is 2.13. The molecule has 0 aliphatic carbocycles. The highest BCUT2D eigenvalue weighted by Gasteiger charge is 2.60. The highest BCUT2D eigenvalue weighted by Crippen LogP contribution is 2.39. The number of nitrogens with zero attached hydrogens (tertiary/aromatic N) is 2. The van der Waals surface area contributed by atoms with Gasteiger partial charge in [0, 0.05) is 5.21 Å². The molecule has 0 unspecified atom stereocenters. The Morgan fingerprint density at radius 2 is 1.39 bits per heavy atom. The first kappa shape index (κ1) is 15.6. The SMILES string of the molecule is CC1(C)N([O])C(c2ccccc2-c2ccccc2)=[N+]([O-])C1(C)C. The molecule has 1 heterocycles. The predicted octanol–water partition coefficient (Wildman–Crippen LogP) is 3.83. The molecular formula is C19H21N2O2. The smallest absolute Gasteiger partial charge is 0.317 e. The van der Waals surface area contributed by atoms with E-state index in [0.29, 0.717) is 5.56 Å². The number of hydroxylamine groups is 3. The van der Waals surface area contributed by atoms with E-state index in [-0.39, 0.29) is 5.84 Å². The minimum absolute atomic E-state index is 0.180. The minimum atomic E-state index is -0.812. The second-order valence-electron chi connectivity index (χ2n) is 6.94. The van der Waals surface area contributed by atoms with Gasteiger partial charge in [0.2, 0.25) is 0 Å². The number of benzene rings is 2. The number of hydrogen-bond donors (Lipinski definition) is 0. The second kappa shape index (κ2) is 5.10. The molecule has 1 aliphatic heterocycles. The van der Waals surface area contributed by atoms with E-state index in [4.69, 9.17) is 0 Å². The molecule has 0 N–H and O–H groups in total. The van der Waals surface area contributed by atoms with E-state index in [1.54, 1.807) is 0 Å². The Balaban J connectivity index is 2.23. The summed E-state index contributed by atoms with van der Waals surface area (Å²) >= 11 is 0. The van der Waals surface area contributed by atoms with Gasteiger partial charge in [-0.2, -0.15) is 0 Å². The number of hydrogen-bond acceptors (Lipinski definition) is 2. The van der Waals surface area contributed by atoms with Gasteiger partial charge in [-0.25, -0.2) is 0 Å². The summed E-state index contributed by atoms with van der Waals surface area (Å²) in [5.74, 6) is 0.180. The average Bonchev–Trinajstić information content (AvgIpc) is 2.66. The molecule has 4 heteroatoms. The van der Waals surface area contributed by atoms with Crippen LogP contribution >= 0.6 is 0 Å². The summed E-state index contributed by atoms with van der Waals surface area (Å²) < 4.78 is 0.863. The minimum Gasteiger partial charge on any atom is -0.714 e. The molecule has 2 aromatic carbocycles. The normalized spacial score (nSPS) is 19.3. The van der Waals surface area contributed by atoms with Crippen LogP contribution in [-0.4, -0.2) is 26.7 Å². The van der Waals surface area contributed by atoms with Gasteiger partial charge in [-0.1, -0.05) is 53.6 Å². The lowest BCUT2D eigenvalue weighted by molar-refractivity contribution is -0.539. The summed E-state index contributed by atoms with van der Waals surface area (Å²) in [6, 6.07) is 17.4. The molecule has 1 radical (unpaired) electrons. The first-order valence-corrected chi connectivity index (χ1v) is 7.75. The van der Waals surface area contributed by atoms with Crippen LogP contribution in [0.2, 0.25) is 0 Å². The number of rotatable bonds is 2. The van der Waals surface area contributed by atoms with Gasteiger partial charge in [0.1, 0.15) is 5.54 Å². The summed E-state index contributed by atoms with van der Waals surface area (Å²) in [6.07, 6.45) is 0. The van der Waals surface area contributed by atoms with Crippen LogP contribution in [0.5, 0.6) is 0 Å². The molecule has 0 spiro atoms. The van der Waals surface area contributed by atoms with Crippen LogP contribution < -0.4 is 0 Å². The maximum Gasteiger partial charge on any atom is 0.317 e. The van der Waals surface area contributed by atoms with Crippen molar-refractivity contribution in [3.63, 3.8) is 0 Å². The maximum atomic E-state index is 12.9. The zero-order chi connectivity index (χ0) is 16.8. The Morgan fingerprint density at radius 1 is 0.870 bits per heavy atom. The van der Waals surface area contributed by atoms with Crippen molar-refractivity contribution in [3.05, 3.63) is 65.4 Å². The predicted molar refractivity (Wildman–Crippen MR) is 90.3 cm³/mol. The Labute approximate surface area is 136 Å². The lowest BCUT2D eigenvalue weighted by Gasteiger charge is -2.32. The second-order valence-corrected chi connectivity index (χ2v) is 6.94. The fourth-order valence-corrected chi connectivity index (χ4v) is 2.88. The van der Waals surface area contributed by atoms with Crippen LogP contribution in [0.1, 0.15) is 33.3 Å². The van der Waals surface area contributed by atoms with Gasteiger partial charge in [0.25, 0.3) is 0 Å². The largest absolute Gasteiger partial charge is 0.714 e.